The van der Waals surface area contributed by atoms with Gasteiger partial charge in [-0.3, -0.25) is 19.3 Å². The van der Waals surface area contributed by atoms with Crippen molar-refractivity contribution in [3.8, 4) is 5.75 Å². The molecule has 1 aliphatic rings. The Hall–Kier alpha value is -2.58. The quantitative estimate of drug-likeness (QED) is 0.769. The molecule has 8 heteroatoms. The highest BCUT2D eigenvalue weighted by atomic mass is 32.2. The smallest absolute Gasteiger partial charge is 0.293 e. The van der Waals surface area contributed by atoms with Crippen molar-refractivity contribution in [3.05, 3.63) is 57.1 Å². The zero-order chi connectivity index (χ0) is 18.5. The predicted octanol–water partition coefficient (Wildman–Crippen LogP) is 3.22. The monoisotopic (exact) mass is 388 g/mol. The van der Waals surface area contributed by atoms with Crippen LogP contribution in [0.15, 0.2) is 46.7 Å². The molecule has 0 atom stereocenters. The van der Waals surface area contributed by atoms with Gasteiger partial charge in [-0.1, -0.05) is 18.2 Å². The number of amides is 3. The fourth-order valence-corrected chi connectivity index (χ4v) is 3.83. The molecule has 0 bridgehead atoms. The van der Waals surface area contributed by atoms with Gasteiger partial charge >= 0.3 is 0 Å². The van der Waals surface area contributed by atoms with Crippen molar-refractivity contribution >= 4 is 46.2 Å². The van der Waals surface area contributed by atoms with Crippen molar-refractivity contribution in [2.75, 3.05) is 20.2 Å². The zero-order valence-electron chi connectivity index (χ0n) is 13.9. The highest BCUT2D eigenvalue weighted by molar-refractivity contribution is 8.18. The first kappa shape index (κ1) is 18.2. The molecule has 0 spiro atoms. The molecule has 134 valence electrons. The van der Waals surface area contributed by atoms with Gasteiger partial charge in [0.2, 0.25) is 0 Å². The Kier molecular flexibility index (Phi) is 5.75. The molecule has 0 radical (unpaired) electrons. The summed E-state index contributed by atoms with van der Waals surface area (Å²) in [6, 6.07) is 10.7. The number of thiophene rings is 1. The van der Waals surface area contributed by atoms with Crippen LogP contribution in [0.25, 0.3) is 6.08 Å². The average Bonchev–Trinajstić information content (AvgIpc) is 3.27. The molecule has 1 N–H and O–H groups in total. The van der Waals surface area contributed by atoms with Gasteiger partial charge in [0.25, 0.3) is 17.1 Å². The third-order valence-corrected chi connectivity index (χ3v) is 5.43. The topological polar surface area (TPSA) is 75.7 Å². The minimum absolute atomic E-state index is 0.141. The van der Waals surface area contributed by atoms with Gasteiger partial charge < -0.3 is 10.1 Å². The number of rotatable bonds is 6. The fraction of sp³-hybridized carbons (Fsp3) is 0.167. The van der Waals surface area contributed by atoms with Crippen LogP contribution >= 0.6 is 23.1 Å². The van der Waals surface area contributed by atoms with E-state index in [-0.39, 0.29) is 30.1 Å². The molecule has 6 nitrogen and oxygen atoms in total. The van der Waals surface area contributed by atoms with Gasteiger partial charge in [-0.05, 0) is 47.0 Å². The normalized spacial score (nSPS) is 15.6. The second kappa shape index (κ2) is 8.20. The first-order valence-electron chi connectivity index (χ1n) is 7.79. The summed E-state index contributed by atoms with van der Waals surface area (Å²) in [5.74, 6) is 0.165. The molecule has 1 saturated heterocycles. The Morgan fingerprint density at radius 2 is 2.00 bits per heavy atom. The van der Waals surface area contributed by atoms with Gasteiger partial charge in [0.15, 0.2) is 0 Å². The average molecular weight is 388 g/mol. The van der Waals surface area contributed by atoms with E-state index >= 15 is 0 Å². The van der Waals surface area contributed by atoms with E-state index < -0.39 is 0 Å². The lowest BCUT2D eigenvalue weighted by molar-refractivity contribution is -0.122. The first-order chi connectivity index (χ1) is 12.6. The van der Waals surface area contributed by atoms with Gasteiger partial charge in [-0.15, -0.1) is 11.3 Å². The third kappa shape index (κ3) is 4.14. The lowest BCUT2D eigenvalue weighted by Crippen LogP contribution is -2.37. The maximum absolute atomic E-state index is 12.4. The zero-order valence-corrected chi connectivity index (χ0v) is 15.6. The van der Waals surface area contributed by atoms with E-state index in [1.807, 2.05) is 17.5 Å². The lowest BCUT2D eigenvalue weighted by Gasteiger charge is -2.12. The van der Waals surface area contributed by atoms with E-state index in [0.29, 0.717) is 9.78 Å². The molecule has 3 amide bonds. The van der Waals surface area contributed by atoms with Gasteiger partial charge in [-0.2, -0.15) is 0 Å². The number of ether oxygens (including phenoxy) is 1. The van der Waals surface area contributed by atoms with E-state index in [1.54, 1.807) is 37.5 Å². The second-order valence-electron chi connectivity index (χ2n) is 5.34. The van der Waals surface area contributed by atoms with Crippen LogP contribution in [0.1, 0.15) is 15.2 Å². The molecular weight excluding hydrogens is 372 g/mol. The number of nitrogens with zero attached hydrogens (tertiary/aromatic N) is 1. The molecular formula is C18H16N2O4S2. The number of benzene rings is 1. The Bertz CT molecular complexity index is 845. The molecule has 3 rings (SSSR count). The molecule has 1 fully saturated rings. The van der Waals surface area contributed by atoms with Crippen molar-refractivity contribution in [2.24, 2.45) is 0 Å². The van der Waals surface area contributed by atoms with Gasteiger partial charge in [0.1, 0.15) is 5.75 Å². The summed E-state index contributed by atoms with van der Waals surface area (Å²) in [6.07, 6.45) is 1.68. The molecule has 2 aromatic rings. The minimum Gasteiger partial charge on any atom is -0.497 e. The number of imide groups is 1. The van der Waals surface area contributed by atoms with Crippen molar-refractivity contribution in [1.82, 2.24) is 10.2 Å². The van der Waals surface area contributed by atoms with E-state index in [1.165, 1.54) is 11.3 Å². The summed E-state index contributed by atoms with van der Waals surface area (Å²) < 4.78 is 5.10. The molecule has 1 aromatic heterocycles. The Morgan fingerprint density at radius 1 is 1.23 bits per heavy atom. The van der Waals surface area contributed by atoms with Crippen molar-refractivity contribution in [1.29, 1.82) is 0 Å². The summed E-state index contributed by atoms with van der Waals surface area (Å²) >= 11 is 2.24. The van der Waals surface area contributed by atoms with Crippen molar-refractivity contribution < 1.29 is 19.1 Å². The Morgan fingerprint density at radius 3 is 2.65 bits per heavy atom. The highest BCUT2D eigenvalue weighted by Gasteiger charge is 2.34. The summed E-state index contributed by atoms with van der Waals surface area (Å²) in [6.45, 7) is 0.353. The lowest BCUT2D eigenvalue weighted by atomic mass is 10.2. The summed E-state index contributed by atoms with van der Waals surface area (Å²) in [5, 5.41) is 4.19. The van der Waals surface area contributed by atoms with Crippen LogP contribution in [0.5, 0.6) is 5.75 Å². The van der Waals surface area contributed by atoms with Gasteiger partial charge in [0.05, 0.1) is 16.9 Å². The number of nitrogens with one attached hydrogen (secondary N) is 1. The summed E-state index contributed by atoms with van der Waals surface area (Å²) in [4.78, 5) is 38.5. The first-order valence-corrected chi connectivity index (χ1v) is 9.49. The molecule has 0 aliphatic carbocycles. The second-order valence-corrected chi connectivity index (χ2v) is 7.28. The molecule has 1 aliphatic heterocycles. The van der Waals surface area contributed by atoms with E-state index in [0.717, 1.165) is 28.0 Å². The standard InChI is InChI=1S/C18H16N2O4S2/c1-24-13-6-4-12(5-7-13)11-15-17(22)20(18(23)26-15)9-8-19-16(21)14-3-2-10-25-14/h2-7,10-11H,8-9H2,1H3,(H,19,21)/b15-11-. The number of carbonyl (C=O) groups excluding carboxylic acids is 3. The van der Waals surface area contributed by atoms with E-state index in [4.69, 9.17) is 4.74 Å². The fourth-order valence-electron chi connectivity index (χ4n) is 2.32. The number of carbonyl (C=O) groups is 3. The molecule has 2 heterocycles. The van der Waals surface area contributed by atoms with Gasteiger partial charge in [-0.25, -0.2) is 0 Å². The summed E-state index contributed by atoms with van der Waals surface area (Å²) in [5.41, 5.74) is 0.808. The van der Waals surface area contributed by atoms with Crippen LogP contribution in [0.2, 0.25) is 0 Å². The number of hydrogen-bond acceptors (Lipinski definition) is 6. The SMILES string of the molecule is COc1ccc(/C=C2\SC(=O)N(CCNC(=O)c3cccs3)C2=O)cc1. The number of thioether (sulfide) groups is 1. The third-order valence-electron chi connectivity index (χ3n) is 3.65. The maximum atomic E-state index is 12.4. The van der Waals surface area contributed by atoms with Crippen LogP contribution in [0.3, 0.4) is 0 Å². The van der Waals surface area contributed by atoms with Crippen LogP contribution in [-0.2, 0) is 4.79 Å². The van der Waals surface area contributed by atoms with Crippen molar-refractivity contribution in [2.45, 2.75) is 0 Å². The predicted molar refractivity (Wildman–Crippen MR) is 102 cm³/mol. The number of hydrogen-bond donors (Lipinski definition) is 1. The van der Waals surface area contributed by atoms with Crippen molar-refractivity contribution in [3.63, 3.8) is 0 Å². The summed E-state index contributed by atoms with van der Waals surface area (Å²) in [7, 11) is 1.58. The highest BCUT2D eigenvalue weighted by Crippen LogP contribution is 2.32. The molecule has 1 aromatic carbocycles. The van der Waals surface area contributed by atoms with Crippen LogP contribution in [0.4, 0.5) is 4.79 Å². The van der Waals surface area contributed by atoms with E-state index in [9.17, 15) is 14.4 Å². The maximum Gasteiger partial charge on any atom is 0.293 e. The van der Waals surface area contributed by atoms with Gasteiger partial charge in [0, 0.05) is 13.1 Å². The molecule has 26 heavy (non-hydrogen) atoms. The molecule has 0 saturated carbocycles. The van der Waals surface area contributed by atoms with Crippen LogP contribution in [0, 0.1) is 0 Å². The van der Waals surface area contributed by atoms with Crippen LogP contribution < -0.4 is 10.1 Å². The largest absolute Gasteiger partial charge is 0.497 e. The number of methoxy groups -OCH3 is 1. The van der Waals surface area contributed by atoms with E-state index in [2.05, 4.69) is 5.32 Å². The molecule has 0 unspecified atom stereocenters. The Balaban J connectivity index is 1.59. The Labute approximate surface area is 158 Å². The minimum atomic E-state index is -0.346. The van der Waals surface area contributed by atoms with Crippen LogP contribution in [-0.4, -0.2) is 42.2 Å².